The molecule has 0 saturated carbocycles. The number of hydrogen-bond acceptors (Lipinski definition) is 6. The number of hydrogen-bond donors (Lipinski definition) is 3. The van der Waals surface area contributed by atoms with Gasteiger partial charge >= 0.3 is 0 Å². The number of nitrogen functional groups attached to an aromatic ring is 1. The predicted molar refractivity (Wildman–Crippen MR) is 153 cm³/mol. The lowest BCUT2D eigenvalue weighted by atomic mass is 9.96. The first-order chi connectivity index (χ1) is 19.4. The highest BCUT2D eigenvalue weighted by atomic mass is 19.1. The number of carbonyl (C=O) groups is 1. The van der Waals surface area contributed by atoms with E-state index in [4.69, 9.17) is 10.7 Å². The summed E-state index contributed by atoms with van der Waals surface area (Å²) in [5, 5.41) is 15.4. The van der Waals surface area contributed by atoms with E-state index in [1.54, 1.807) is 27.8 Å². The summed E-state index contributed by atoms with van der Waals surface area (Å²) in [5.41, 5.74) is 10.5. The number of anilines is 2. The number of fused-ring (bicyclic) bond motifs is 2. The summed E-state index contributed by atoms with van der Waals surface area (Å²) in [4.78, 5) is 18.3. The first kappa shape index (κ1) is 24.9. The quantitative estimate of drug-likeness (QED) is 0.297. The molecular weight excluding hydrogens is 507 g/mol. The van der Waals surface area contributed by atoms with E-state index in [0.29, 0.717) is 34.7 Å². The van der Waals surface area contributed by atoms with Gasteiger partial charge in [0.1, 0.15) is 17.2 Å². The van der Waals surface area contributed by atoms with Gasteiger partial charge in [-0.3, -0.25) is 9.48 Å². The molecule has 5 aromatic rings. The van der Waals surface area contributed by atoms with Crippen LogP contribution in [0.1, 0.15) is 40.1 Å². The minimum atomic E-state index is -0.547. The van der Waals surface area contributed by atoms with Gasteiger partial charge in [0.2, 0.25) is 0 Å². The number of carbonyl (C=O) groups excluding carboxylic acids is 1. The van der Waals surface area contributed by atoms with E-state index in [1.807, 2.05) is 56.6 Å². The summed E-state index contributed by atoms with van der Waals surface area (Å²) in [6.45, 7) is 2.39. The van der Waals surface area contributed by atoms with Crippen molar-refractivity contribution in [2.45, 2.75) is 13.0 Å². The van der Waals surface area contributed by atoms with Crippen LogP contribution >= 0.6 is 0 Å². The van der Waals surface area contributed by atoms with E-state index in [2.05, 4.69) is 32.7 Å². The number of nitrogens with two attached hydrogens (primary N) is 1. The average molecular weight is 533 g/mol. The highest BCUT2D eigenvalue weighted by Crippen LogP contribution is 2.33. The van der Waals surface area contributed by atoms with Crippen molar-refractivity contribution in [2.75, 3.05) is 17.6 Å². The third-order valence-electron chi connectivity index (χ3n) is 6.63. The molecule has 40 heavy (non-hydrogen) atoms. The lowest BCUT2D eigenvalue weighted by molar-refractivity contribution is 0.0941. The molecule has 0 fully saturated rings. The van der Waals surface area contributed by atoms with Crippen LogP contribution in [-0.4, -0.2) is 37.0 Å². The molecule has 198 valence electrons. The highest BCUT2D eigenvalue weighted by Gasteiger charge is 2.26. The number of pyridine rings is 1. The van der Waals surface area contributed by atoms with Crippen molar-refractivity contribution in [3.05, 3.63) is 95.2 Å². The standard InChI is InChI=1S/C30H25FN8O/c1-18(35-30(40)26-28(32)37-39-13-5-12-33-29(26)39)27-24(21-7-3-8-22(31)14-21)15-23-20(6-4-9-25(23)36-27)11-10-19-16-34-38(2)17-19/h3-9,13-18,33H,12H2,1-2H3,(H2,32,37)(H,35,40). The average Bonchev–Trinajstić information content (AvgIpc) is 3.52. The largest absolute Gasteiger partial charge is 0.381 e. The lowest BCUT2D eigenvalue weighted by Gasteiger charge is -2.19. The Kier molecular flexibility index (Phi) is 6.24. The maximum Gasteiger partial charge on any atom is 0.259 e. The number of aromatic nitrogens is 5. The number of amides is 1. The number of rotatable bonds is 4. The van der Waals surface area contributed by atoms with Crippen LogP contribution in [0.25, 0.3) is 28.2 Å². The Bertz CT molecular complexity index is 1870. The Hall–Kier alpha value is -5.43. The third-order valence-corrected chi connectivity index (χ3v) is 6.63. The molecular formula is C30H25FN8O. The Morgan fingerprint density at radius 1 is 1.20 bits per heavy atom. The van der Waals surface area contributed by atoms with Crippen LogP contribution in [0.2, 0.25) is 0 Å². The van der Waals surface area contributed by atoms with Gasteiger partial charge in [-0.05, 0) is 48.9 Å². The molecule has 2 aromatic carbocycles. The van der Waals surface area contributed by atoms with Crippen molar-refractivity contribution >= 4 is 34.6 Å². The van der Waals surface area contributed by atoms with E-state index in [1.165, 1.54) is 12.1 Å². The number of halogens is 1. The summed E-state index contributed by atoms with van der Waals surface area (Å²) in [6, 6.07) is 13.4. The second-order valence-electron chi connectivity index (χ2n) is 9.47. The van der Waals surface area contributed by atoms with Crippen LogP contribution in [0.15, 0.2) is 67.0 Å². The third kappa shape index (κ3) is 4.65. The van der Waals surface area contributed by atoms with Gasteiger partial charge in [0.15, 0.2) is 5.82 Å². The molecule has 6 rings (SSSR count). The van der Waals surface area contributed by atoms with Gasteiger partial charge in [-0.2, -0.15) is 5.10 Å². The van der Waals surface area contributed by atoms with Crippen LogP contribution in [-0.2, 0) is 7.05 Å². The van der Waals surface area contributed by atoms with Gasteiger partial charge in [0.25, 0.3) is 5.91 Å². The number of nitrogens with one attached hydrogen (secondary N) is 2. The zero-order valence-electron chi connectivity index (χ0n) is 21.8. The van der Waals surface area contributed by atoms with Crippen molar-refractivity contribution in [3.63, 3.8) is 0 Å². The number of benzene rings is 2. The number of aryl methyl sites for hydroxylation is 1. The second-order valence-corrected chi connectivity index (χ2v) is 9.47. The monoisotopic (exact) mass is 532 g/mol. The van der Waals surface area contributed by atoms with Gasteiger partial charge in [0, 0.05) is 42.5 Å². The molecule has 3 aromatic heterocycles. The number of nitrogens with zero attached hydrogens (tertiary/aromatic N) is 5. The van der Waals surface area contributed by atoms with Crippen LogP contribution in [0.4, 0.5) is 16.0 Å². The Morgan fingerprint density at radius 3 is 2.85 bits per heavy atom. The molecule has 1 atom stereocenters. The van der Waals surface area contributed by atoms with Crippen LogP contribution in [0.5, 0.6) is 0 Å². The van der Waals surface area contributed by atoms with Gasteiger partial charge in [0.05, 0.1) is 29.0 Å². The van der Waals surface area contributed by atoms with Crippen molar-refractivity contribution in [1.29, 1.82) is 0 Å². The molecule has 0 aliphatic carbocycles. The first-order valence-electron chi connectivity index (χ1n) is 12.7. The van der Waals surface area contributed by atoms with E-state index in [-0.39, 0.29) is 17.2 Å². The van der Waals surface area contributed by atoms with E-state index < -0.39 is 11.9 Å². The fraction of sp³-hybridized carbons (Fsp3) is 0.133. The normalized spacial score (nSPS) is 12.8. The van der Waals surface area contributed by atoms with Gasteiger partial charge < -0.3 is 16.4 Å². The summed E-state index contributed by atoms with van der Waals surface area (Å²) in [6.07, 6.45) is 7.18. The molecule has 10 heteroatoms. The molecule has 9 nitrogen and oxygen atoms in total. The van der Waals surface area contributed by atoms with E-state index in [9.17, 15) is 9.18 Å². The zero-order chi connectivity index (χ0) is 27.8. The minimum absolute atomic E-state index is 0.118. The van der Waals surface area contributed by atoms with Gasteiger partial charge in [-0.25, -0.2) is 14.1 Å². The molecule has 0 bridgehead atoms. The lowest BCUT2D eigenvalue weighted by Crippen LogP contribution is -2.29. The fourth-order valence-corrected chi connectivity index (χ4v) is 4.76. The molecule has 1 aliphatic rings. The Labute approximate surface area is 229 Å². The molecule has 4 heterocycles. The fourth-order valence-electron chi connectivity index (χ4n) is 4.76. The molecule has 0 saturated heterocycles. The summed E-state index contributed by atoms with van der Waals surface area (Å²) in [5.74, 6) is 6.24. The first-order valence-corrected chi connectivity index (χ1v) is 12.7. The van der Waals surface area contributed by atoms with Crippen LogP contribution in [0, 0.1) is 17.7 Å². The zero-order valence-corrected chi connectivity index (χ0v) is 21.8. The van der Waals surface area contributed by atoms with Gasteiger partial charge in [-0.1, -0.05) is 30.0 Å². The van der Waals surface area contributed by atoms with Crippen molar-refractivity contribution in [1.82, 2.24) is 29.9 Å². The summed E-state index contributed by atoms with van der Waals surface area (Å²) < 4.78 is 17.6. The summed E-state index contributed by atoms with van der Waals surface area (Å²) >= 11 is 0. The topological polar surface area (TPSA) is 116 Å². The minimum Gasteiger partial charge on any atom is -0.381 e. The highest BCUT2D eigenvalue weighted by molar-refractivity contribution is 6.04. The SMILES string of the molecule is CC(NC(=O)c1c(N)nn2c1NCC=C2)c1nc2cccc(C#Cc3cnn(C)c3)c2cc1-c1cccc(F)c1. The molecule has 0 spiro atoms. The molecule has 1 amide bonds. The van der Waals surface area contributed by atoms with E-state index >= 15 is 0 Å². The molecule has 4 N–H and O–H groups in total. The molecule has 1 unspecified atom stereocenters. The molecule has 1 aliphatic heterocycles. The predicted octanol–water partition coefficient (Wildman–Crippen LogP) is 4.34. The second kappa shape index (κ2) is 10.0. The smallest absolute Gasteiger partial charge is 0.259 e. The van der Waals surface area contributed by atoms with Crippen LogP contribution in [0.3, 0.4) is 0 Å². The molecule has 0 radical (unpaired) electrons. The Balaban J connectivity index is 1.43. The summed E-state index contributed by atoms with van der Waals surface area (Å²) in [7, 11) is 1.84. The van der Waals surface area contributed by atoms with Crippen molar-refractivity contribution < 1.29 is 9.18 Å². The Morgan fingerprint density at radius 2 is 2.05 bits per heavy atom. The van der Waals surface area contributed by atoms with Crippen molar-refractivity contribution in [2.24, 2.45) is 7.05 Å². The van der Waals surface area contributed by atoms with Gasteiger partial charge in [-0.15, -0.1) is 5.10 Å². The maximum absolute atomic E-state index is 14.3. The maximum atomic E-state index is 14.3. The van der Waals surface area contributed by atoms with Crippen LogP contribution < -0.4 is 16.4 Å². The van der Waals surface area contributed by atoms with E-state index in [0.717, 1.165) is 16.5 Å². The van der Waals surface area contributed by atoms with Crippen molar-refractivity contribution in [3.8, 4) is 23.0 Å².